The lowest BCUT2D eigenvalue weighted by Crippen LogP contribution is -2.14. The minimum absolute atomic E-state index is 0.127. The number of anilines is 2. The van der Waals surface area contributed by atoms with Crippen LogP contribution < -0.4 is 10.6 Å². The van der Waals surface area contributed by atoms with Crippen molar-refractivity contribution >= 4 is 44.8 Å². The predicted octanol–water partition coefficient (Wildman–Crippen LogP) is 3.98. The van der Waals surface area contributed by atoms with Gasteiger partial charge in [0.1, 0.15) is 10.0 Å². The molecule has 0 spiro atoms. The molecule has 2 amide bonds. The summed E-state index contributed by atoms with van der Waals surface area (Å²) in [4.78, 5) is 32.6. The summed E-state index contributed by atoms with van der Waals surface area (Å²) in [6, 6.07) is 7.27. The van der Waals surface area contributed by atoms with Crippen LogP contribution in [0.2, 0.25) is 0 Å². The van der Waals surface area contributed by atoms with E-state index < -0.39 is 0 Å². The van der Waals surface area contributed by atoms with Gasteiger partial charge in [-0.05, 0) is 54.7 Å². The van der Waals surface area contributed by atoms with Gasteiger partial charge in [0.05, 0.1) is 12.8 Å². The molecule has 0 saturated heterocycles. The van der Waals surface area contributed by atoms with Crippen LogP contribution in [0.4, 0.5) is 10.3 Å². The van der Waals surface area contributed by atoms with E-state index in [9.17, 15) is 9.59 Å². The zero-order valence-electron chi connectivity index (χ0n) is 19.3. The number of amides is 2. The van der Waals surface area contributed by atoms with E-state index in [2.05, 4.69) is 41.0 Å². The number of rotatable bonds is 8. The third-order valence-corrected chi connectivity index (χ3v) is 7.98. The number of hydrogen-bond donors (Lipinski definition) is 2. The summed E-state index contributed by atoms with van der Waals surface area (Å²) >= 11 is 2.86. The highest BCUT2D eigenvalue weighted by Crippen LogP contribution is 2.43. The Morgan fingerprint density at radius 1 is 0.722 bits per heavy atom. The minimum atomic E-state index is -0.127. The second-order valence-corrected chi connectivity index (χ2v) is 10.6. The second kappa shape index (κ2) is 11.4. The molecule has 36 heavy (non-hydrogen) atoms. The molecule has 2 N–H and O–H groups in total. The largest absolute Gasteiger partial charge is 0.300 e. The second-order valence-electron chi connectivity index (χ2n) is 8.61. The van der Waals surface area contributed by atoms with Crippen molar-refractivity contribution in [1.29, 1.82) is 0 Å². The molecule has 2 atom stereocenters. The maximum absolute atomic E-state index is 12.3. The molecule has 0 unspecified atom stereocenters. The number of carbonyl (C=O) groups excluding carboxylic acids is 2. The van der Waals surface area contributed by atoms with Crippen molar-refractivity contribution < 1.29 is 9.59 Å². The first-order valence-electron chi connectivity index (χ1n) is 11.7. The molecule has 1 saturated carbocycles. The van der Waals surface area contributed by atoms with Crippen molar-refractivity contribution in [2.75, 3.05) is 10.6 Å². The van der Waals surface area contributed by atoms with E-state index in [4.69, 9.17) is 0 Å². The van der Waals surface area contributed by atoms with E-state index in [-0.39, 0.29) is 36.5 Å². The van der Waals surface area contributed by atoms with Gasteiger partial charge in [-0.15, -0.1) is 20.4 Å². The van der Waals surface area contributed by atoms with Crippen molar-refractivity contribution in [2.24, 2.45) is 0 Å². The molecular formula is C24H24N8O2S2. The average molecular weight is 521 g/mol. The third kappa shape index (κ3) is 6.32. The number of nitrogens with one attached hydrogen (secondary N) is 2. The van der Waals surface area contributed by atoms with E-state index in [1.54, 1.807) is 24.8 Å². The summed E-state index contributed by atoms with van der Waals surface area (Å²) in [5.74, 6) is 0.247. The topological polar surface area (TPSA) is 136 Å². The SMILES string of the molecule is O=C(Cc1ccncc1)Nc1nnc([C@@H]2CCC[C@@H](c3nnc(NC(=O)Cc4ccncc4)s3)C2)s1. The Morgan fingerprint density at radius 2 is 1.17 bits per heavy atom. The molecule has 0 bridgehead atoms. The maximum Gasteiger partial charge on any atom is 0.230 e. The monoisotopic (exact) mass is 520 g/mol. The van der Waals surface area contributed by atoms with Gasteiger partial charge in [0.25, 0.3) is 0 Å². The first kappa shape index (κ1) is 24.1. The molecule has 1 aliphatic rings. The Hall–Kier alpha value is -3.64. The van der Waals surface area contributed by atoms with Gasteiger partial charge in [0.2, 0.25) is 22.1 Å². The maximum atomic E-state index is 12.3. The normalized spacial score (nSPS) is 17.4. The summed E-state index contributed by atoms with van der Waals surface area (Å²) in [5.41, 5.74) is 1.79. The zero-order chi connectivity index (χ0) is 24.7. The van der Waals surface area contributed by atoms with Gasteiger partial charge >= 0.3 is 0 Å². The van der Waals surface area contributed by atoms with Crippen LogP contribution in [0.15, 0.2) is 49.1 Å². The van der Waals surface area contributed by atoms with Crippen LogP contribution in [-0.2, 0) is 22.4 Å². The van der Waals surface area contributed by atoms with Crippen molar-refractivity contribution in [2.45, 2.75) is 50.4 Å². The molecule has 10 nitrogen and oxygen atoms in total. The molecule has 4 heterocycles. The summed E-state index contributed by atoms with van der Waals surface area (Å²) < 4.78 is 0. The van der Waals surface area contributed by atoms with Crippen LogP contribution >= 0.6 is 22.7 Å². The molecule has 4 aromatic heterocycles. The summed E-state index contributed by atoms with van der Waals surface area (Å²) in [7, 11) is 0. The van der Waals surface area contributed by atoms with Crippen LogP contribution in [0.3, 0.4) is 0 Å². The predicted molar refractivity (Wildman–Crippen MR) is 137 cm³/mol. The number of pyridine rings is 2. The van der Waals surface area contributed by atoms with Crippen molar-refractivity contribution in [3.05, 3.63) is 70.2 Å². The Labute approximate surface area is 215 Å². The van der Waals surface area contributed by atoms with Gasteiger partial charge in [0.15, 0.2) is 0 Å². The highest BCUT2D eigenvalue weighted by atomic mass is 32.1. The van der Waals surface area contributed by atoms with E-state index in [1.807, 2.05) is 24.3 Å². The molecule has 5 rings (SSSR count). The fourth-order valence-electron chi connectivity index (χ4n) is 4.24. The molecule has 184 valence electrons. The summed E-state index contributed by atoms with van der Waals surface area (Å²) in [5, 5.41) is 25.7. The Kier molecular flexibility index (Phi) is 7.62. The first-order chi connectivity index (χ1) is 17.6. The molecule has 0 aliphatic heterocycles. The molecule has 4 aromatic rings. The lowest BCUT2D eigenvalue weighted by molar-refractivity contribution is -0.116. The number of carbonyl (C=O) groups is 2. The van der Waals surface area contributed by atoms with E-state index in [1.165, 1.54) is 22.7 Å². The molecule has 0 aromatic carbocycles. The third-order valence-electron chi connectivity index (χ3n) is 5.97. The fraction of sp³-hybridized carbons (Fsp3) is 0.333. The first-order valence-corrected chi connectivity index (χ1v) is 13.3. The van der Waals surface area contributed by atoms with Gasteiger partial charge in [-0.1, -0.05) is 29.1 Å². The molecule has 1 aliphatic carbocycles. The Bertz CT molecular complexity index is 1210. The van der Waals surface area contributed by atoms with Crippen LogP contribution in [0.1, 0.15) is 58.7 Å². The van der Waals surface area contributed by atoms with Gasteiger partial charge in [-0.3, -0.25) is 19.6 Å². The molecule has 0 radical (unpaired) electrons. The number of aromatic nitrogens is 6. The number of nitrogens with zero attached hydrogens (tertiary/aromatic N) is 6. The highest BCUT2D eigenvalue weighted by molar-refractivity contribution is 7.15. The van der Waals surface area contributed by atoms with Crippen molar-refractivity contribution in [3.8, 4) is 0 Å². The lowest BCUT2D eigenvalue weighted by Gasteiger charge is -2.25. The summed E-state index contributed by atoms with van der Waals surface area (Å²) in [6.45, 7) is 0. The standard InChI is InChI=1S/C24H24N8O2S2/c33-19(12-15-4-8-25-9-5-15)27-23-31-29-21(35-23)17-2-1-3-18(14-17)22-30-32-24(36-22)28-20(34)13-16-6-10-26-11-7-16/h4-11,17-18H,1-3,12-14H2,(H,27,31,33)(H,28,32,34)/t17-,18-/m1/s1. The van der Waals surface area contributed by atoms with Crippen LogP contribution in [-0.4, -0.2) is 42.2 Å². The van der Waals surface area contributed by atoms with Gasteiger partial charge < -0.3 is 10.6 Å². The van der Waals surface area contributed by atoms with E-state index in [0.717, 1.165) is 46.8 Å². The van der Waals surface area contributed by atoms with Crippen LogP contribution in [0.25, 0.3) is 0 Å². The quantitative estimate of drug-likeness (QED) is 0.356. The molecule has 1 fully saturated rings. The van der Waals surface area contributed by atoms with Gasteiger partial charge in [0, 0.05) is 36.6 Å². The van der Waals surface area contributed by atoms with E-state index in [0.29, 0.717) is 10.3 Å². The van der Waals surface area contributed by atoms with Gasteiger partial charge in [-0.2, -0.15) is 0 Å². The molecule has 12 heteroatoms. The van der Waals surface area contributed by atoms with E-state index >= 15 is 0 Å². The fourth-order valence-corrected chi connectivity index (χ4v) is 6.05. The van der Waals surface area contributed by atoms with Crippen molar-refractivity contribution in [3.63, 3.8) is 0 Å². The Morgan fingerprint density at radius 3 is 1.61 bits per heavy atom. The average Bonchev–Trinajstić information content (AvgIpc) is 3.55. The van der Waals surface area contributed by atoms with Crippen molar-refractivity contribution in [1.82, 2.24) is 30.4 Å². The Balaban J connectivity index is 1.15. The van der Waals surface area contributed by atoms with Crippen LogP contribution in [0, 0.1) is 0 Å². The highest BCUT2D eigenvalue weighted by Gasteiger charge is 2.29. The minimum Gasteiger partial charge on any atom is -0.300 e. The molecular weight excluding hydrogens is 496 g/mol. The smallest absolute Gasteiger partial charge is 0.230 e. The lowest BCUT2D eigenvalue weighted by atomic mass is 9.82. The van der Waals surface area contributed by atoms with Gasteiger partial charge in [-0.25, -0.2) is 0 Å². The zero-order valence-corrected chi connectivity index (χ0v) is 21.0. The number of hydrogen-bond acceptors (Lipinski definition) is 10. The summed E-state index contributed by atoms with van der Waals surface area (Å²) in [6.07, 6.45) is 11.2. The van der Waals surface area contributed by atoms with Crippen LogP contribution in [0.5, 0.6) is 0 Å².